The van der Waals surface area contributed by atoms with Gasteiger partial charge in [0.05, 0.1) is 31.4 Å². The molecule has 2 aliphatic heterocycles. The molecule has 5 rings (SSSR count). The topological polar surface area (TPSA) is 80.0 Å². The molecule has 29 heavy (non-hydrogen) atoms. The highest BCUT2D eigenvalue weighted by molar-refractivity contribution is 6.13. The Balaban J connectivity index is 1.33. The SMILES string of the molecule is O=C1Nc2cc(-c3ccco3)ccc2C1C=Nc1ccc(N2CCOCC2)nc1. The number of nitrogens with zero attached hydrogens (tertiary/aromatic N) is 3. The molecule has 4 heterocycles. The number of carbonyl (C=O) groups is 1. The van der Waals surface area contributed by atoms with E-state index in [9.17, 15) is 4.79 Å². The quantitative estimate of drug-likeness (QED) is 0.691. The van der Waals surface area contributed by atoms with Crippen LogP contribution in [0.5, 0.6) is 0 Å². The number of pyridine rings is 1. The molecule has 1 atom stereocenters. The Hall–Kier alpha value is -3.45. The molecular formula is C22H20N4O3. The molecule has 7 nitrogen and oxygen atoms in total. The van der Waals surface area contributed by atoms with Gasteiger partial charge in [-0.3, -0.25) is 9.79 Å². The van der Waals surface area contributed by atoms with Crippen LogP contribution in [-0.2, 0) is 9.53 Å². The van der Waals surface area contributed by atoms with Crippen LogP contribution in [0, 0.1) is 0 Å². The van der Waals surface area contributed by atoms with Gasteiger partial charge in [-0.1, -0.05) is 12.1 Å². The summed E-state index contributed by atoms with van der Waals surface area (Å²) in [6.45, 7) is 3.13. The van der Waals surface area contributed by atoms with Gasteiger partial charge in [0.2, 0.25) is 5.91 Å². The third-order valence-electron chi connectivity index (χ3n) is 5.17. The summed E-state index contributed by atoms with van der Waals surface area (Å²) in [4.78, 5) is 23.6. The summed E-state index contributed by atoms with van der Waals surface area (Å²) in [7, 11) is 0. The first-order valence-electron chi connectivity index (χ1n) is 9.59. The number of fused-ring (bicyclic) bond motifs is 1. The van der Waals surface area contributed by atoms with Gasteiger partial charge in [-0.15, -0.1) is 0 Å². The third kappa shape index (κ3) is 3.52. The molecule has 1 fully saturated rings. The van der Waals surface area contributed by atoms with Gasteiger partial charge in [0, 0.05) is 30.6 Å². The van der Waals surface area contributed by atoms with Crippen molar-refractivity contribution in [2.75, 3.05) is 36.5 Å². The van der Waals surface area contributed by atoms with Crippen molar-refractivity contribution in [3.05, 3.63) is 60.5 Å². The van der Waals surface area contributed by atoms with Crippen LogP contribution >= 0.6 is 0 Å². The van der Waals surface area contributed by atoms with Crippen molar-refractivity contribution in [1.29, 1.82) is 0 Å². The van der Waals surface area contributed by atoms with Crippen molar-refractivity contribution in [2.24, 2.45) is 4.99 Å². The van der Waals surface area contributed by atoms with E-state index in [1.807, 2.05) is 42.5 Å². The number of aromatic nitrogens is 1. The fourth-order valence-electron chi connectivity index (χ4n) is 3.63. The van der Waals surface area contributed by atoms with Crippen molar-refractivity contribution in [1.82, 2.24) is 4.98 Å². The first-order chi connectivity index (χ1) is 14.3. The lowest BCUT2D eigenvalue weighted by atomic mass is 10.00. The molecule has 1 amide bonds. The second-order valence-corrected chi connectivity index (χ2v) is 7.00. The lowest BCUT2D eigenvalue weighted by molar-refractivity contribution is -0.115. The Labute approximate surface area is 168 Å². The lowest BCUT2D eigenvalue weighted by Crippen LogP contribution is -2.36. The molecule has 1 aromatic carbocycles. The van der Waals surface area contributed by atoms with Gasteiger partial charge in [-0.2, -0.15) is 0 Å². The summed E-state index contributed by atoms with van der Waals surface area (Å²) >= 11 is 0. The molecule has 3 aromatic rings. The number of aliphatic imine (C=N–C) groups is 1. The number of nitrogens with one attached hydrogen (secondary N) is 1. The number of benzene rings is 1. The van der Waals surface area contributed by atoms with Crippen LogP contribution in [-0.4, -0.2) is 43.4 Å². The summed E-state index contributed by atoms with van der Waals surface area (Å²) < 4.78 is 10.8. The number of carbonyl (C=O) groups excluding carboxylic acids is 1. The highest BCUT2D eigenvalue weighted by Gasteiger charge is 2.29. The number of ether oxygens (including phenoxy) is 1. The fourth-order valence-corrected chi connectivity index (χ4v) is 3.63. The normalized spacial score (nSPS) is 18.8. The molecule has 0 radical (unpaired) electrons. The standard InChI is InChI=1S/C22H20N4O3/c27-22-18(17-5-3-15(12-19(17)25-22)20-2-1-9-29-20)14-23-16-4-6-21(24-13-16)26-7-10-28-11-8-26/h1-6,9,12-14,18H,7-8,10-11H2,(H,25,27). The van der Waals surface area contributed by atoms with E-state index in [4.69, 9.17) is 9.15 Å². The van der Waals surface area contributed by atoms with Gasteiger partial charge in [-0.25, -0.2) is 4.98 Å². The Morgan fingerprint density at radius 1 is 1.17 bits per heavy atom. The van der Waals surface area contributed by atoms with Gasteiger partial charge in [0.15, 0.2) is 0 Å². The summed E-state index contributed by atoms with van der Waals surface area (Å²) in [6.07, 6.45) is 5.04. The average Bonchev–Trinajstić information content (AvgIpc) is 3.40. The number of morpholine rings is 1. The maximum Gasteiger partial charge on any atom is 0.237 e. The average molecular weight is 388 g/mol. The maximum absolute atomic E-state index is 12.5. The van der Waals surface area contributed by atoms with E-state index >= 15 is 0 Å². The predicted octanol–water partition coefficient (Wildman–Crippen LogP) is 3.62. The molecule has 1 N–H and O–H groups in total. The number of rotatable bonds is 4. The fraction of sp³-hybridized carbons (Fsp3) is 0.227. The first-order valence-corrected chi connectivity index (χ1v) is 9.59. The highest BCUT2D eigenvalue weighted by atomic mass is 16.5. The number of hydrogen-bond donors (Lipinski definition) is 1. The summed E-state index contributed by atoms with van der Waals surface area (Å²) in [6, 6.07) is 13.4. The van der Waals surface area contributed by atoms with E-state index in [-0.39, 0.29) is 5.91 Å². The maximum atomic E-state index is 12.5. The highest BCUT2D eigenvalue weighted by Crippen LogP contribution is 2.35. The number of furan rings is 1. The minimum atomic E-state index is -0.422. The van der Waals surface area contributed by atoms with Crippen molar-refractivity contribution in [3.63, 3.8) is 0 Å². The van der Waals surface area contributed by atoms with E-state index in [0.29, 0.717) is 0 Å². The molecule has 1 saturated heterocycles. The Morgan fingerprint density at radius 2 is 2.07 bits per heavy atom. The van der Waals surface area contributed by atoms with E-state index in [1.54, 1.807) is 18.7 Å². The molecule has 0 aliphatic carbocycles. The van der Waals surface area contributed by atoms with Crippen molar-refractivity contribution in [2.45, 2.75) is 5.92 Å². The van der Waals surface area contributed by atoms with E-state index in [0.717, 1.165) is 60.4 Å². The molecular weight excluding hydrogens is 368 g/mol. The van der Waals surface area contributed by atoms with Gasteiger partial charge in [0.25, 0.3) is 0 Å². The first kappa shape index (κ1) is 17.6. The van der Waals surface area contributed by atoms with E-state index in [2.05, 4.69) is 20.2 Å². The molecule has 0 bridgehead atoms. The molecule has 0 saturated carbocycles. The van der Waals surface area contributed by atoms with Crippen molar-refractivity contribution in [3.8, 4) is 11.3 Å². The van der Waals surface area contributed by atoms with E-state index < -0.39 is 5.92 Å². The zero-order valence-electron chi connectivity index (χ0n) is 15.7. The Morgan fingerprint density at radius 3 is 2.83 bits per heavy atom. The van der Waals surface area contributed by atoms with Crippen LogP contribution in [0.1, 0.15) is 11.5 Å². The molecule has 2 aliphatic rings. The van der Waals surface area contributed by atoms with Gasteiger partial charge in [-0.05, 0) is 35.9 Å². The van der Waals surface area contributed by atoms with E-state index in [1.165, 1.54) is 0 Å². The molecule has 7 heteroatoms. The molecule has 1 unspecified atom stereocenters. The van der Waals surface area contributed by atoms with Gasteiger partial charge in [0.1, 0.15) is 17.5 Å². The van der Waals surface area contributed by atoms with Crippen LogP contribution in [0.4, 0.5) is 17.2 Å². The number of hydrogen-bond acceptors (Lipinski definition) is 6. The minimum absolute atomic E-state index is 0.0850. The van der Waals surface area contributed by atoms with Crippen LogP contribution in [0.15, 0.2) is 64.3 Å². The Kier molecular flexibility index (Phi) is 4.57. The van der Waals surface area contributed by atoms with Crippen molar-refractivity contribution >= 4 is 29.3 Å². The summed E-state index contributed by atoms with van der Waals surface area (Å²) in [5.41, 5.74) is 3.35. The van der Waals surface area contributed by atoms with Crippen LogP contribution in [0.25, 0.3) is 11.3 Å². The van der Waals surface area contributed by atoms with Gasteiger partial charge >= 0.3 is 0 Å². The smallest absolute Gasteiger partial charge is 0.237 e. The molecule has 2 aromatic heterocycles. The Bertz CT molecular complexity index is 1040. The lowest BCUT2D eigenvalue weighted by Gasteiger charge is -2.27. The van der Waals surface area contributed by atoms with Crippen LogP contribution in [0.3, 0.4) is 0 Å². The molecule has 146 valence electrons. The third-order valence-corrected chi connectivity index (χ3v) is 5.17. The summed E-state index contributed by atoms with van der Waals surface area (Å²) in [5, 5.41) is 2.93. The second kappa shape index (κ2) is 7.52. The van der Waals surface area contributed by atoms with Crippen LogP contribution < -0.4 is 10.2 Å². The summed E-state index contributed by atoms with van der Waals surface area (Å²) in [5.74, 6) is 1.18. The number of amides is 1. The largest absolute Gasteiger partial charge is 0.464 e. The van der Waals surface area contributed by atoms with Gasteiger partial charge < -0.3 is 19.4 Å². The predicted molar refractivity (Wildman–Crippen MR) is 111 cm³/mol. The zero-order chi connectivity index (χ0) is 19.6. The second-order valence-electron chi connectivity index (χ2n) is 7.00. The zero-order valence-corrected chi connectivity index (χ0v) is 15.7. The molecule has 0 spiro atoms. The monoisotopic (exact) mass is 388 g/mol. The van der Waals surface area contributed by atoms with Crippen LogP contribution in [0.2, 0.25) is 0 Å². The minimum Gasteiger partial charge on any atom is -0.464 e. The number of anilines is 2. The van der Waals surface area contributed by atoms with Crippen molar-refractivity contribution < 1.29 is 13.9 Å².